The van der Waals surface area contributed by atoms with E-state index in [4.69, 9.17) is 10.00 Å². The van der Waals surface area contributed by atoms with Gasteiger partial charge in [0, 0.05) is 77.2 Å². The smallest absolute Gasteiger partial charge is 0.339 e. The van der Waals surface area contributed by atoms with Gasteiger partial charge >= 0.3 is 12.1 Å². The monoisotopic (exact) mass is 513 g/mol. The number of hydrogen-bond donors (Lipinski definition) is 1. The van der Waals surface area contributed by atoms with Crippen LogP contribution in [0.25, 0.3) is 0 Å². The molecule has 11 heteroatoms. The fourth-order valence-corrected chi connectivity index (χ4v) is 4.23. The topological polar surface area (TPSA) is 112 Å². The highest BCUT2D eigenvalue weighted by Gasteiger charge is 2.26. The third-order valence-corrected chi connectivity index (χ3v) is 6.72. The van der Waals surface area contributed by atoms with Crippen LogP contribution in [-0.4, -0.2) is 122 Å². The number of anilines is 1. The quantitative estimate of drug-likeness (QED) is 0.419. The van der Waals surface area contributed by atoms with Gasteiger partial charge < -0.3 is 15.0 Å². The average Bonchev–Trinajstić information content (AvgIpc) is 2.92. The Morgan fingerprint density at radius 2 is 1.59 bits per heavy atom. The minimum atomic E-state index is -0.658. The van der Waals surface area contributed by atoms with E-state index in [1.807, 2.05) is 13.8 Å². The second kappa shape index (κ2) is 13.9. The molecule has 0 bridgehead atoms. The van der Waals surface area contributed by atoms with Crippen LogP contribution in [-0.2, 0) is 4.74 Å². The second-order valence-corrected chi connectivity index (χ2v) is 9.87. The van der Waals surface area contributed by atoms with Crippen LogP contribution in [0.3, 0.4) is 0 Å². The Kier molecular flexibility index (Phi) is 10.7. The number of piperazine rings is 1. The number of carbonyl (C=O) groups excluding carboxylic acids is 3. The Bertz CT molecular complexity index is 949. The molecule has 2 fully saturated rings. The number of rotatable bonds is 8. The van der Waals surface area contributed by atoms with Crippen molar-refractivity contribution in [1.82, 2.24) is 24.5 Å². The number of nitriles is 1. The van der Waals surface area contributed by atoms with Crippen molar-refractivity contribution in [2.75, 3.05) is 84.5 Å². The van der Waals surface area contributed by atoms with Gasteiger partial charge in [0.25, 0.3) is 5.91 Å². The number of nitrogens with one attached hydrogen (secondary N) is 1. The Morgan fingerprint density at radius 3 is 2.16 bits per heavy atom. The van der Waals surface area contributed by atoms with Gasteiger partial charge in [-0.3, -0.25) is 19.5 Å². The van der Waals surface area contributed by atoms with E-state index in [9.17, 15) is 14.4 Å². The number of nitrogens with zero attached hydrogens (tertiary/aromatic N) is 6. The van der Waals surface area contributed by atoms with Crippen molar-refractivity contribution in [3.8, 4) is 6.19 Å². The van der Waals surface area contributed by atoms with Gasteiger partial charge in [0.15, 0.2) is 6.19 Å². The number of imide groups is 1. The van der Waals surface area contributed by atoms with E-state index in [-0.39, 0.29) is 12.6 Å². The van der Waals surface area contributed by atoms with Crippen LogP contribution < -0.4 is 5.32 Å². The molecule has 2 aliphatic heterocycles. The highest BCUT2D eigenvalue weighted by atomic mass is 16.5. The van der Waals surface area contributed by atoms with Crippen molar-refractivity contribution in [1.29, 1.82) is 5.26 Å². The van der Waals surface area contributed by atoms with Gasteiger partial charge in [-0.25, -0.2) is 14.5 Å². The summed E-state index contributed by atoms with van der Waals surface area (Å²) in [6.07, 6.45) is 2.38. The molecular weight excluding hydrogens is 474 g/mol. The van der Waals surface area contributed by atoms with Crippen molar-refractivity contribution in [3.05, 3.63) is 29.8 Å². The van der Waals surface area contributed by atoms with E-state index in [1.165, 1.54) is 7.05 Å². The molecule has 5 amide bonds. The largest absolute Gasteiger partial charge is 0.379 e. The lowest BCUT2D eigenvalue weighted by Gasteiger charge is -2.36. The van der Waals surface area contributed by atoms with E-state index in [1.54, 1.807) is 35.4 Å². The molecule has 0 aromatic heterocycles. The van der Waals surface area contributed by atoms with Gasteiger partial charge in [0.2, 0.25) is 0 Å². The van der Waals surface area contributed by atoms with Gasteiger partial charge in [-0.2, -0.15) is 5.26 Å². The summed E-state index contributed by atoms with van der Waals surface area (Å²) in [6.45, 7) is 12.8. The minimum absolute atomic E-state index is 0.170. The summed E-state index contributed by atoms with van der Waals surface area (Å²) in [4.78, 5) is 46.9. The SMILES string of the molecule is CC(C)CCN(C(=O)c1ccc(NC(=O)N2CCN(CCN3CCOCC3)CC2)cc1)C(=O)N(C)C#N. The highest BCUT2D eigenvalue weighted by Crippen LogP contribution is 2.15. The number of benzene rings is 1. The number of urea groups is 2. The van der Waals surface area contributed by atoms with Crippen LogP contribution in [0.4, 0.5) is 15.3 Å². The predicted molar refractivity (Wildman–Crippen MR) is 140 cm³/mol. The van der Waals surface area contributed by atoms with Crippen LogP contribution in [0, 0.1) is 17.4 Å². The molecular formula is C26H39N7O4. The summed E-state index contributed by atoms with van der Waals surface area (Å²) in [6, 6.07) is 5.66. The zero-order valence-electron chi connectivity index (χ0n) is 22.2. The standard InChI is InChI=1S/C26H39N7O4/c1-21(2)8-9-33(26(36)29(3)20-27)24(34)22-4-6-23(7-5-22)28-25(35)32-14-12-30(13-15-32)10-11-31-16-18-37-19-17-31/h4-7,21H,8-19H2,1-3H3,(H,28,35). The first-order valence-electron chi connectivity index (χ1n) is 13.0. The molecule has 202 valence electrons. The Balaban J connectivity index is 1.49. The summed E-state index contributed by atoms with van der Waals surface area (Å²) in [7, 11) is 1.33. The summed E-state index contributed by atoms with van der Waals surface area (Å²) in [5, 5.41) is 12.0. The van der Waals surface area contributed by atoms with Gasteiger partial charge in [0.1, 0.15) is 0 Å². The maximum Gasteiger partial charge on any atom is 0.339 e. The Hall–Kier alpha value is -3.20. The molecule has 0 radical (unpaired) electrons. The number of carbonyl (C=O) groups is 3. The molecule has 0 atom stereocenters. The molecule has 0 spiro atoms. The number of hydrogen-bond acceptors (Lipinski definition) is 7. The van der Waals surface area contributed by atoms with Gasteiger partial charge in [0.05, 0.1) is 13.2 Å². The van der Waals surface area contributed by atoms with Crippen molar-refractivity contribution in [3.63, 3.8) is 0 Å². The summed E-state index contributed by atoms with van der Waals surface area (Å²) in [5.74, 6) is -0.182. The molecule has 0 saturated carbocycles. The molecule has 0 aliphatic carbocycles. The fourth-order valence-electron chi connectivity index (χ4n) is 4.23. The number of morpholine rings is 1. The molecule has 11 nitrogen and oxygen atoms in total. The van der Waals surface area contributed by atoms with Crippen molar-refractivity contribution < 1.29 is 19.1 Å². The first kappa shape index (κ1) is 28.4. The molecule has 3 rings (SSSR count). The molecule has 1 aromatic rings. The van der Waals surface area contributed by atoms with E-state index in [0.717, 1.165) is 62.3 Å². The normalized spacial score (nSPS) is 16.8. The molecule has 2 heterocycles. The minimum Gasteiger partial charge on any atom is -0.379 e. The zero-order chi connectivity index (χ0) is 26.8. The lowest BCUT2D eigenvalue weighted by Crippen LogP contribution is -2.51. The average molecular weight is 514 g/mol. The van der Waals surface area contributed by atoms with Crippen LogP contribution >= 0.6 is 0 Å². The van der Waals surface area contributed by atoms with Crippen molar-refractivity contribution in [2.45, 2.75) is 20.3 Å². The predicted octanol–water partition coefficient (Wildman–Crippen LogP) is 2.19. The first-order valence-corrected chi connectivity index (χ1v) is 13.0. The van der Waals surface area contributed by atoms with Crippen LogP contribution in [0.2, 0.25) is 0 Å². The lowest BCUT2D eigenvalue weighted by atomic mass is 10.1. The maximum atomic E-state index is 13.0. The van der Waals surface area contributed by atoms with Crippen molar-refractivity contribution >= 4 is 23.7 Å². The molecule has 37 heavy (non-hydrogen) atoms. The van der Waals surface area contributed by atoms with Crippen molar-refractivity contribution in [2.24, 2.45) is 5.92 Å². The van der Waals surface area contributed by atoms with Gasteiger partial charge in [-0.15, -0.1) is 0 Å². The molecule has 1 aromatic carbocycles. The van der Waals surface area contributed by atoms with E-state index >= 15 is 0 Å². The number of amides is 5. The highest BCUT2D eigenvalue weighted by molar-refractivity contribution is 6.04. The lowest BCUT2D eigenvalue weighted by molar-refractivity contribution is 0.0311. The van der Waals surface area contributed by atoms with E-state index < -0.39 is 11.9 Å². The van der Waals surface area contributed by atoms with Crippen LogP contribution in [0.1, 0.15) is 30.6 Å². The van der Waals surface area contributed by atoms with E-state index in [0.29, 0.717) is 36.7 Å². The Labute approximate surface area is 219 Å². The summed E-state index contributed by atoms with van der Waals surface area (Å²) < 4.78 is 5.40. The molecule has 1 N–H and O–H groups in total. The summed E-state index contributed by atoms with van der Waals surface area (Å²) in [5.41, 5.74) is 0.890. The molecule has 2 saturated heterocycles. The third-order valence-electron chi connectivity index (χ3n) is 6.72. The second-order valence-electron chi connectivity index (χ2n) is 9.87. The van der Waals surface area contributed by atoms with Gasteiger partial charge in [-0.05, 0) is 36.6 Å². The summed E-state index contributed by atoms with van der Waals surface area (Å²) >= 11 is 0. The third kappa shape index (κ3) is 8.42. The van der Waals surface area contributed by atoms with E-state index in [2.05, 4.69) is 15.1 Å². The molecule has 2 aliphatic rings. The zero-order valence-corrected chi connectivity index (χ0v) is 22.2. The van der Waals surface area contributed by atoms with Gasteiger partial charge in [-0.1, -0.05) is 13.8 Å². The number of ether oxygens (including phenoxy) is 1. The first-order chi connectivity index (χ1) is 17.8. The fraction of sp³-hybridized carbons (Fsp3) is 0.615. The van der Waals surface area contributed by atoms with Crippen LogP contribution in [0.5, 0.6) is 0 Å². The Morgan fingerprint density at radius 1 is 1.00 bits per heavy atom. The molecule has 0 unspecified atom stereocenters. The maximum absolute atomic E-state index is 13.0. The van der Waals surface area contributed by atoms with Crippen LogP contribution in [0.15, 0.2) is 24.3 Å².